The molecule has 1 aromatic carbocycles. The number of rotatable bonds is 9. The molecule has 0 atom stereocenters. The highest BCUT2D eigenvalue weighted by Crippen LogP contribution is 2.27. The lowest BCUT2D eigenvalue weighted by atomic mass is 10.1. The summed E-state index contributed by atoms with van der Waals surface area (Å²) in [5, 5.41) is 25.2. The van der Waals surface area contributed by atoms with Crippen molar-refractivity contribution in [3.63, 3.8) is 0 Å². The van der Waals surface area contributed by atoms with Gasteiger partial charge in [-0.1, -0.05) is 6.07 Å². The van der Waals surface area contributed by atoms with Crippen molar-refractivity contribution in [1.82, 2.24) is 10.3 Å². The zero-order chi connectivity index (χ0) is 22.7. The predicted octanol–water partition coefficient (Wildman–Crippen LogP) is 4.04. The van der Waals surface area contributed by atoms with Crippen LogP contribution in [0.5, 0.6) is 0 Å². The molecule has 31 heavy (non-hydrogen) atoms. The van der Waals surface area contributed by atoms with E-state index in [1.54, 1.807) is 17.5 Å². The van der Waals surface area contributed by atoms with Crippen molar-refractivity contribution in [2.45, 2.75) is 45.6 Å². The van der Waals surface area contributed by atoms with Crippen LogP contribution in [0.25, 0.3) is 0 Å². The zero-order valence-corrected chi connectivity index (χ0v) is 18.0. The number of aliphatic imine (C=N–C) groups is 1. The number of aliphatic carboxylic acids is 1. The van der Waals surface area contributed by atoms with Gasteiger partial charge in [-0.15, -0.1) is 0 Å². The zero-order valence-electron chi connectivity index (χ0n) is 18.0. The van der Waals surface area contributed by atoms with Crippen LogP contribution in [-0.4, -0.2) is 34.2 Å². The first-order valence-corrected chi connectivity index (χ1v) is 9.95. The van der Waals surface area contributed by atoms with Crippen molar-refractivity contribution >= 4 is 29.0 Å². The molecular formula is C22H28N6O3. The molecule has 0 spiro atoms. The monoisotopic (exact) mass is 424 g/mol. The van der Waals surface area contributed by atoms with Crippen LogP contribution in [-0.2, 0) is 9.63 Å². The van der Waals surface area contributed by atoms with Crippen LogP contribution in [0.1, 0.15) is 40.0 Å². The first-order chi connectivity index (χ1) is 14.8. The van der Waals surface area contributed by atoms with E-state index in [-0.39, 0.29) is 12.0 Å². The van der Waals surface area contributed by atoms with E-state index in [2.05, 4.69) is 20.6 Å². The molecule has 2 rings (SSSR count). The van der Waals surface area contributed by atoms with Crippen molar-refractivity contribution in [3.8, 4) is 6.19 Å². The van der Waals surface area contributed by atoms with Gasteiger partial charge in [0.25, 0.3) is 0 Å². The molecule has 0 aliphatic rings. The minimum Gasteiger partial charge on any atom is -0.481 e. The Morgan fingerprint density at radius 1 is 1.26 bits per heavy atom. The van der Waals surface area contributed by atoms with Gasteiger partial charge >= 0.3 is 5.97 Å². The van der Waals surface area contributed by atoms with Crippen LogP contribution < -0.4 is 15.7 Å². The number of nitrogens with zero attached hydrogens (tertiary/aromatic N) is 4. The molecule has 1 aromatic heterocycles. The van der Waals surface area contributed by atoms with Gasteiger partial charge in [0, 0.05) is 18.3 Å². The third-order valence-electron chi connectivity index (χ3n) is 3.85. The van der Waals surface area contributed by atoms with Gasteiger partial charge in [0.15, 0.2) is 6.19 Å². The number of pyridine rings is 1. The van der Waals surface area contributed by atoms with Crippen molar-refractivity contribution in [3.05, 3.63) is 48.8 Å². The molecule has 0 radical (unpaired) electrons. The van der Waals surface area contributed by atoms with Gasteiger partial charge in [0.1, 0.15) is 0 Å². The molecule has 2 aromatic rings. The van der Waals surface area contributed by atoms with Gasteiger partial charge in [-0.25, -0.2) is 10.1 Å². The second-order valence-corrected chi connectivity index (χ2v) is 7.73. The summed E-state index contributed by atoms with van der Waals surface area (Å²) in [6.07, 6.45) is 6.50. The molecule has 0 aliphatic heterocycles. The number of carboxylic acid groups (broad SMARTS) is 1. The van der Waals surface area contributed by atoms with Crippen molar-refractivity contribution in [2.75, 3.05) is 17.0 Å². The molecule has 0 aliphatic carbocycles. The van der Waals surface area contributed by atoms with Gasteiger partial charge in [0.2, 0.25) is 5.96 Å². The fourth-order valence-electron chi connectivity index (χ4n) is 2.63. The lowest BCUT2D eigenvalue weighted by Crippen LogP contribution is -2.30. The van der Waals surface area contributed by atoms with Crippen molar-refractivity contribution < 1.29 is 14.7 Å². The molecule has 0 unspecified atom stereocenters. The van der Waals surface area contributed by atoms with E-state index in [0.717, 1.165) is 11.4 Å². The minimum absolute atomic E-state index is 0.109. The predicted molar refractivity (Wildman–Crippen MR) is 120 cm³/mol. The molecule has 0 saturated heterocycles. The van der Waals surface area contributed by atoms with Gasteiger partial charge < -0.3 is 10.4 Å². The molecule has 0 amide bonds. The van der Waals surface area contributed by atoms with Crippen LogP contribution in [0, 0.1) is 11.5 Å². The quantitative estimate of drug-likeness (QED) is 0.138. The number of hydrogen-bond donors (Lipinski definition) is 3. The van der Waals surface area contributed by atoms with E-state index >= 15 is 0 Å². The average Bonchev–Trinajstić information content (AvgIpc) is 2.70. The largest absolute Gasteiger partial charge is 0.481 e. The topological polar surface area (TPSA) is 123 Å². The summed E-state index contributed by atoms with van der Waals surface area (Å²) in [6, 6.07) is 11.1. The van der Waals surface area contributed by atoms with E-state index in [4.69, 9.17) is 15.2 Å². The fraction of sp³-hybridized carbons (Fsp3) is 0.364. The van der Waals surface area contributed by atoms with Crippen molar-refractivity contribution in [1.29, 1.82) is 5.26 Å². The Morgan fingerprint density at radius 2 is 2.03 bits per heavy atom. The second kappa shape index (κ2) is 11.5. The molecule has 0 bridgehead atoms. The highest BCUT2D eigenvalue weighted by Gasteiger charge is 2.14. The number of hydrogen-bond acceptors (Lipinski definition) is 6. The number of guanidine groups is 1. The lowest BCUT2D eigenvalue weighted by Gasteiger charge is -2.24. The fourth-order valence-corrected chi connectivity index (χ4v) is 2.63. The number of nitrogens with one attached hydrogen (secondary N) is 2. The van der Waals surface area contributed by atoms with E-state index in [1.807, 2.05) is 63.4 Å². The van der Waals surface area contributed by atoms with Gasteiger partial charge in [-0.05, 0) is 63.9 Å². The summed E-state index contributed by atoms with van der Waals surface area (Å²) < 4.78 is 0. The summed E-state index contributed by atoms with van der Waals surface area (Å²) in [7, 11) is 0. The molecule has 0 saturated carbocycles. The summed E-state index contributed by atoms with van der Waals surface area (Å²) in [6.45, 7) is 6.16. The summed E-state index contributed by atoms with van der Waals surface area (Å²) >= 11 is 0. The molecule has 1 heterocycles. The highest BCUT2D eigenvalue weighted by molar-refractivity contribution is 5.95. The average molecular weight is 425 g/mol. The van der Waals surface area contributed by atoms with E-state index in [9.17, 15) is 4.79 Å². The number of benzene rings is 1. The van der Waals surface area contributed by atoms with Crippen LogP contribution >= 0.6 is 0 Å². The summed E-state index contributed by atoms with van der Waals surface area (Å²) in [5.41, 5.74) is 1.82. The molecule has 3 N–H and O–H groups in total. The Labute approximate surface area is 182 Å². The smallest absolute Gasteiger partial charge is 0.303 e. The van der Waals surface area contributed by atoms with Crippen LogP contribution in [0.2, 0.25) is 0 Å². The SMILES string of the molecule is CC(C)(C)N=C(NC#N)Nc1cccc(N(OCCCCC(=O)O)c2cccnc2)c1. The minimum atomic E-state index is -0.818. The molecular weight excluding hydrogens is 396 g/mol. The van der Waals surface area contributed by atoms with E-state index in [1.165, 1.54) is 0 Å². The highest BCUT2D eigenvalue weighted by atomic mass is 16.7. The summed E-state index contributed by atoms with van der Waals surface area (Å²) in [4.78, 5) is 25.3. The first-order valence-electron chi connectivity index (χ1n) is 9.95. The van der Waals surface area contributed by atoms with Crippen LogP contribution in [0.4, 0.5) is 17.1 Å². The molecule has 9 nitrogen and oxygen atoms in total. The third-order valence-corrected chi connectivity index (χ3v) is 3.85. The Kier molecular flexibility index (Phi) is 8.78. The van der Waals surface area contributed by atoms with Gasteiger partial charge in [0.05, 0.1) is 29.7 Å². The molecule has 0 fully saturated rings. The standard InChI is InChI=1S/C22H28N6O3/c1-22(2,3)27-21(25-16-23)26-17-8-6-9-18(14-17)28(19-10-7-12-24-15-19)31-13-5-4-11-20(29)30/h6-10,12,14-15H,4-5,11,13H2,1-3H3,(H,29,30)(H2,25,26,27). The Morgan fingerprint density at radius 3 is 2.68 bits per heavy atom. The third kappa shape index (κ3) is 8.72. The summed E-state index contributed by atoms with van der Waals surface area (Å²) in [5.74, 6) is -0.476. The normalized spacial score (nSPS) is 11.5. The number of carboxylic acids is 1. The van der Waals surface area contributed by atoms with E-state index < -0.39 is 5.97 Å². The first kappa shape index (κ1) is 23.6. The molecule has 164 valence electrons. The number of aromatic nitrogens is 1. The van der Waals surface area contributed by atoms with Crippen LogP contribution in [0.15, 0.2) is 53.8 Å². The second-order valence-electron chi connectivity index (χ2n) is 7.73. The van der Waals surface area contributed by atoms with E-state index in [0.29, 0.717) is 31.1 Å². The number of unbranched alkanes of at least 4 members (excludes halogenated alkanes) is 1. The Bertz CT molecular complexity index is 919. The maximum absolute atomic E-state index is 10.7. The van der Waals surface area contributed by atoms with Gasteiger partial charge in [-0.2, -0.15) is 5.26 Å². The molecule has 9 heteroatoms. The number of nitriles is 1. The maximum Gasteiger partial charge on any atom is 0.303 e. The Balaban J connectivity index is 2.21. The maximum atomic E-state index is 10.7. The lowest BCUT2D eigenvalue weighted by molar-refractivity contribution is -0.137. The number of carbonyl (C=O) groups is 1. The van der Waals surface area contributed by atoms with Gasteiger partial charge in [-0.3, -0.25) is 19.9 Å². The number of anilines is 3. The van der Waals surface area contributed by atoms with Crippen LogP contribution in [0.3, 0.4) is 0 Å². The van der Waals surface area contributed by atoms with Crippen molar-refractivity contribution in [2.24, 2.45) is 4.99 Å². The Hall–Kier alpha value is -3.64.